The molecule has 31 heavy (non-hydrogen) atoms. The first-order valence-electron chi connectivity index (χ1n) is 10.9. The molecular weight excluding hydrogens is 392 g/mol. The summed E-state index contributed by atoms with van der Waals surface area (Å²) in [6.07, 6.45) is 4.13. The number of nitrogens with one attached hydrogen (secondary N) is 2. The van der Waals surface area contributed by atoms with E-state index in [0.29, 0.717) is 6.54 Å². The summed E-state index contributed by atoms with van der Waals surface area (Å²) >= 11 is 0. The lowest BCUT2D eigenvalue weighted by atomic mass is 10.0. The van der Waals surface area contributed by atoms with E-state index >= 15 is 0 Å². The van der Waals surface area contributed by atoms with Crippen LogP contribution in [0.25, 0.3) is 11.1 Å². The lowest BCUT2D eigenvalue weighted by Gasteiger charge is -2.18. The lowest BCUT2D eigenvalue weighted by molar-refractivity contribution is -0.138. The number of carbonyl (C=O) groups excluding carboxylic acids is 2. The first-order chi connectivity index (χ1) is 15.0. The molecule has 2 aromatic rings. The van der Waals surface area contributed by atoms with Gasteiger partial charge in [-0.3, -0.25) is 14.4 Å². The molecule has 0 unspecified atom stereocenters. The molecule has 6 heteroatoms. The minimum Gasteiger partial charge on any atom is -0.481 e. The minimum atomic E-state index is -0.994. The predicted molar refractivity (Wildman–Crippen MR) is 122 cm³/mol. The quantitative estimate of drug-likeness (QED) is 0.424. The van der Waals surface area contributed by atoms with Crippen molar-refractivity contribution in [2.75, 3.05) is 6.54 Å². The molecule has 0 heterocycles. The highest BCUT2D eigenvalue weighted by atomic mass is 16.4. The van der Waals surface area contributed by atoms with Gasteiger partial charge in [0.15, 0.2) is 0 Å². The third-order valence-corrected chi connectivity index (χ3v) is 5.05. The number of benzene rings is 2. The highest BCUT2D eigenvalue weighted by Gasteiger charge is 2.21. The average Bonchev–Trinajstić information content (AvgIpc) is 2.77. The van der Waals surface area contributed by atoms with Gasteiger partial charge in [-0.2, -0.15) is 0 Å². The van der Waals surface area contributed by atoms with Crippen LogP contribution in [0.1, 0.15) is 51.0 Å². The Morgan fingerprint density at radius 3 is 2.23 bits per heavy atom. The lowest BCUT2D eigenvalue weighted by Crippen LogP contribution is -2.47. The SMILES string of the molecule is CCCCCCNC(=O)[C@H](CCC(=O)O)NC(=O)Cc1ccc(-c2ccccc2)cc1. The maximum Gasteiger partial charge on any atom is 0.303 e. The van der Waals surface area contributed by atoms with Crippen molar-refractivity contribution in [3.8, 4) is 11.1 Å². The molecule has 0 fully saturated rings. The summed E-state index contributed by atoms with van der Waals surface area (Å²) in [6.45, 7) is 2.64. The Balaban J connectivity index is 1.90. The summed E-state index contributed by atoms with van der Waals surface area (Å²) in [5, 5.41) is 14.5. The molecule has 166 valence electrons. The van der Waals surface area contributed by atoms with Gasteiger partial charge in [0.1, 0.15) is 6.04 Å². The normalized spacial score (nSPS) is 11.5. The van der Waals surface area contributed by atoms with Gasteiger partial charge in [0.05, 0.1) is 6.42 Å². The van der Waals surface area contributed by atoms with Crippen molar-refractivity contribution in [1.29, 1.82) is 0 Å². The fraction of sp³-hybridized carbons (Fsp3) is 0.400. The zero-order valence-electron chi connectivity index (χ0n) is 18.1. The van der Waals surface area contributed by atoms with Gasteiger partial charge in [0.2, 0.25) is 11.8 Å². The molecule has 0 aliphatic heterocycles. The molecule has 0 aromatic heterocycles. The molecule has 0 aliphatic rings. The molecule has 0 radical (unpaired) electrons. The van der Waals surface area contributed by atoms with E-state index in [4.69, 9.17) is 5.11 Å². The van der Waals surface area contributed by atoms with Gasteiger partial charge in [-0.15, -0.1) is 0 Å². The summed E-state index contributed by atoms with van der Waals surface area (Å²) in [6, 6.07) is 16.8. The number of unbranched alkanes of at least 4 members (excludes halogenated alkanes) is 3. The van der Waals surface area contributed by atoms with Crippen LogP contribution in [0.3, 0.4) is 0 Å². The van der Waals surface area contributed by atoms with Crippen molar-refractivity contribution in [2.45, 2.75) is 57.9 Å². The number of hydrogen-bond donors (Lipinski definition) is 3. The van der Waals surface area contributed by atoms with Crippen molar-refractivity contribution in [3.63, 3.8) is 0 Å². The van der Waals surface area contributed by atoms with Crippen LogP contribution in [0.4, 0.5) is 0 Å². The van der Waals surface area contributed by atoms with E-state index in [9.17, 15) is 14.4 Å². The molecule has 2 amide bonds. The third kappa shape index (κ3) is 9.03. The van der Waals surface area contributed by atoms with Gasteiger partial charge in [-0.05, 0) is 29.5 Å². The number of aliphatic carboxylic acids is 1. The monoisotopic (exact) mass is 424 g/mol. The van der Waals surface area contributed by atoms with Crippen LogP contribution in [0.15, 0.2) is 54.6 Å². The van der Waals surface area contributed by atoms with Gasteiger partial charge < -0.3 is 15.7 Å². The van der Waals surface area contributed by atoms with E-state index in [1.807, 2.05) is 54.6 Å². The maximum absolute atomic E-state index is 12.5. The number of rotatable bonds is 13. The molecule has 6 nitrogen and oxygen atoms in total. The Hall–Kier alpha value is -3.15. The van der Waals surface area contributed by atoms with Gasteiger partial charge in [0.25, 0.3) is 0 Å². The molecule has 0 bridgehead atoms. The summed E-state index contributed by atoms with van der Waals surface area (Å²) in [4.78, 5) is 35.9. The second-order valence-corrected chi connectivity index (χ2v) is 7.64. The first-order valence-corrected chi connectivity index (χ1v) is 10.9. The van der Waals surface area contributed by atoms with E-state index < -0.39 is 12.0 Å². The third-order valence-electron chi connectivity index (χ3n) is 5.05. The van der Waals surface area contributed by atoms with Gasteiger partial charge in [0, 0.05) is 13.0 Å². The highest BCUT2D eigenvalue weighted by molar-refractivity contribution is 5.88. The molecule has 2 aromatic carbocycles. The zero-order chi connectivity index (χ0) is 22.5. The second-order valence-electron chi connectivity index (χ2n) is 7.64. The van der Waals surface area contributed by atoms with E-state index in [-0.39, 0.29) is 31.1 Å². The van der Waals surface area contributed by atoms with Crippen LogP contribution >= 0.6 is 0 Å². The van der Waals surface area contributed by atoms with Crippen molar-refractivity contribution in [3.05, 3.63) is 60.2 Å². The summed E-state index contributed by atoms with van der Waals surface area (Å²) in [5.41, 5.74) is 2.99. The van der Waals surface area contributed by atoms with E-state index in [1.54, 1.807) is 0 Å². The summed E-state index contributed by atoms with van der Waals surface area (Å²) < 4.78 is 0. The highest BCUT2D eigenvalue weighted by Crippen LogP contribution is 2.19. The smallest absolute Gasteiger partial charge is 0.303 e. The molecule has 1 atom stereocenters. The largest absolute Gasteiger partial charge is 0.481 e. The zero-order valence-corrected chi connectivity index (χ0v) is 18.1. The number of amides is 2. The summed E-state index contributed by atoms with van der Waals surface area (Å²) in [5.74, 6) is -1.62. The number of hydrogen-bond acceptors (Lipinski definition) is 3. The van der Waals surface area contributed by atoms with Crippen LogP contribution in [0.2, 0.25) is 0 Å². The number of carboxylic acids is 1. The Bertz CT molecular complexity index is 834. The molecule has 0 spiro atoms. The van der Waals surface area contributed by atoms with Crippen LogP contribution in [0, 0.1) is 0 Å². The van der Waals surface area contributed by atoms with Crippen LogP contribution in [-0.4, -0.2) is 35.5 Å². The molecular formula is C25H32N2O4. The van der Waals surface area contributed by atoms with Crippen molar-refractivity contribution in [2.24, 2.45) is 0 Å². The van der Waals surface area contributed by atoms with E-state index in [2.05, 4.69) is 17.6 Å². The van der Waals surface area contributed by atoms with E-state index in [1.165, 1.54) is 0 Å². The molecule has 3 N–H and O–H groups in total. The Labute approximate surface area is 184 Å². The summed E-state index contributed by atoms with van der Waals surface area (Å²) in [7, 11) is 0. The van der Waals surface area contributed by atoms with E-state index in [0.717, 1.165) is 42.4 Å². The fourth-order valence-corrected chi connectivity index (χ4v) is 3.30. The fourth-order valence-electron chi connectivity index (χ4n) is 3.30. The standard InChI is InChI=1S/C25H32N2O4/c1-2-3-4-8-17-26-25(31)22(15-16-24(29)30)27-23(28)18-19-11-13-21(14-12-19)20-9-6-5-7-10-20/h5-7,9-14,22H,2-4,8,15-18H2,1H3,(H,26,31)(H,27,28)(H,29,30)/t22-/m0/s1. The molecule has 0 aliphatic carbocycles. The van der Waals surface area contributed by atoms with Crippen LogP contribution in [0.5, 0.6) is 0 Å². The predicted octanol–water partition coefficient (Wildman–Crippen LogP) is 3.94. The molecule has 2 rings (SSSR count). The molecule has 0 saturated carbocycles. The van der Waals surface area contributed by atoms with Crippen molar-refractivity contribution < 1.29 is 19.5 Å². The number of carbonyl (C=O) groups is 3. The van der Waals surface area contributed by atoms with Gasteiger partial charge in [-0.25, -0.2) is 0 Å². The first kappa shape index (κ1) is 24.1. The number of carboxylic acid groups (broad SMARTS) is 1. The Kier molecular flexibility index (Phi) is 10.3. The Morgan fingerprint density at radius 1 is 0.903 bits per heavy atom. The average molecular weight is 425 g/mol. The maximum atomic E-state index is 12.5. The molecule has 0 saturated heterocycles. The topological polar surface area (TPSA) is 95.5 Å². The van der Waals surface area contributed by atoms with Crippen LogP contribution in [-0.2, 0) is 20.8 Å². The van der Waals surface area contributed by atoms with Crippen molar-refractivity contribution >= 4 is 17.8 Å². The van der Waals surface area contributed by atoms with Gasteiger partial charge >= 0.3 is 5.97 Å². The minimum absolute atomic E-state index is 0.0643. The van der Waals surface area contributed by atoms with Gasteiger partial charge in [-0.1, -0.05) is 80.8 Å². The van der Waals surface area contributed by atoms with Crippen LogP contribution < -0.4 is 10.6 Å². The second kappa shape index (κ2) is 13.2. The van der Waals surface area contributed by atoms with Crippen molar-refractivity contribution in [1.82, 2.24) is 10.6 Å². The Morgan fingerprint density at radius 2 is 1.58 bits per heavy atom.